The Bertz CT molecular complexity index is 1130. The lowest BCUT2D eigenvalue weighted by molar-refractivity contribution is -0.134. The first-order valence-electron chi connectivity index (χ1n) is 11.1. The minimum absolute atomic E-state index is 0.0239. The van der Waals surface area contributed by atoms with Gasteiger partial charge in [-0.25, -0.2) is 13.6 Å². The van der Waals surface area contributed by atoms with Crippen LogP contribution in [0.4, 0.5) is 13.6 Å². The van der Waals surface area contributed by atoms with Crippen LogP contribution >= 0.6 is 0 Å². The Morgan fingerprint density at radius 3 is 2.45 bits per heavy atom. The summed E-state index contributed by atoms with van der Waals surface area (Å²) in [4.78, 5) is 37.6. The number of hydrogen-bond acceptors (Lipinski definition) is 5. The molecular weight excluding hydrogens is 434 g/mol. The van der Waals surface area contributed by atoms with Crippen LogP contribution in [-0.4, -0.2) is 51.3 Å². The molecule has 2 saturated heterocycles. The molecule has 1 aromatic carbocycles. The minimum Gasteiger partial charge on any atom is -0.444 e. The van der Waals surface area contributed by atoms with E-state index in [-0.39, 0.29) is 40.9 Å². The molecule has 0 radical (unpaired) electrons. The number of ether oxygens (including phenoxy) is 1. The zero-order chi connectivity index (χ0) is 24.1. The zero-order valence-corrected chi connectivity index (χ0v) is 19.2. The SMILES string of the molecule is Cn1nc(C2CCC(=O)NC2=O)c2cc(F)c(C3CCN(C(=O)OC(C)(C)C)CC3)c(F)c21. The second-order valence-corrected chi connectivity index (χ2v) is 9.74. The Morgan fingerprint density at radius 1 is 1.18 bits per heavy atom. The fourth-order valence-corrected chi connectivity index (χ4v) is 4.66. The molecule has 2 fully saturated rings. The van der Waals surface area contributed by atoms with Crippen LogP contribution in [0.1, 0.15) is 69.5 Å². The normalized spacial score (nSPS) is 20.3. The molecule has 33 heavy (non-hydrogen) atoms. The van der Waals surface area contributed by atoms with Gasteiger partial charge in [0, 0.05) is 37.5 Å². The fraction of sp³-hybridized carbons (Fsp3) is 0.565. The molecule has 10 heteroatoms. The number of benzene rings is 1. The maximum atomic E-state index is 15.6. The second kappa shape index (κ2) is 8.39. The number of piperidine rings is 2. The average Bonchev–Trinajstić information content (AvgIpc) is 3.03. The Morgan fingerprint density at radius 2 is 1.85 bits per heavy atom. The number of imide groups is 1. The van der Waals surface area contributed by atoms with Gasteiger partial charge in [0.05, 0.1) is 11.6 Å². The number of amides is 3. The summed E-state index contributed by atoms with van der Waals surface area (Å²) >= 11 is 0. The summed E-state index contributed by atoms with van der Waals surface area (Å²) in [6.45, 7) is 6.03. The Labute approximate surface area is 190 Å². The van der Waals surface area contributed by atoms with E-state index in [1.54, 1.807) is 32.7 Å². The van der Waals surface area contributed by atoms with E-state index in [4.69, 9.17) is 4.74 Å². The van der Waals surface area contributed by atoms with E-state index in [1.807, 2.05) is 0 Å². The summed E-state index contributed by atoms with van der Waals surface area (Å²) in [5, 5.41) is 6.81. The van der Waals surface area contributed by atoms with Crippen molar-refractivity contribution in [3.05, 3.63) is 29.0 Å². The monoisotopic (exact) mass is 462 g/mol. The molecule has 2 aliphatic rings. The van der Waals surface area contributed by atoms with Crippen molar-refractivity contribution in [2.24, 2.45) is 7.05 Å². The summed E-state index contributed by atoms with van der Waals surface area (Å²) in [6.07, 6.45) is 0.753. The smallest absolute Gasteiger partial charge is 0.410 e. The minimum atomic E-state index is -0.742. The van der Waals surface area contributed by atoms with Gasteiger partial charge in [-0.2, -0.15) is 5.10 Å². The van der Waals surface area contributed by atoms with E-state index in [1.165, 1.54) is 10.7 Å². The predicted octanol–water partition coefficient (Wildman–Crippen LogP) is 3.49. The second-order valence-electron chi connectivity index (χ2n) is 9.74. The molecule has 0 saturated carbocycles. The standard InChI is InChI=1S/C23H28F2N4O4/c1-23(2,3)33-22(32)29-9-7-12(8-10-29)17-15(24)11-14-19(27-28(4)20(14)18(17)25)13-5-6-16(30)26-21(13)31/h11-13H,5-10H2,1-4H3,(H,26,30,31). The van der Waals surface area contributed by atoms with Crippen molar-refractivity contribution in [1.29, 1.82) is 0 Å². The van der Waals surface area contributed by atoms with Gasteiger partial charge < -0.3 is 9.64 Å². The van der Waals surface area contributed by atoms with Crippen LogP contribution in [0.15, 0.2) is 6.07 Å². The molecule has 1 N–H and O–H groups in total. The maximum Gasteiger partial charge on any atom is 0.410 e. The van der Waals surface area contributed by atoms with E-state index in [2.05, 4.69) is 10.4 Å². The van der Waals surface area contributed by atoms with Crippen molar-refractivity contribution in [2.45, 2.75) is 63.9 Å². The first-order chi connectivity index (χ1) is 15.5. The molecule has 0 spiro atoms. The van der Waals surface area contributed by atoms with Crippen LogP contribution < -0.4 is 5.32 Å². The number of carbonyl (C=O) groups is 3. The Balaban J connectivity index is 1.61. The van der Waals surface area contributed by atoms with Gasteiger partial charge in [-0.15, -0.1) is 0 Å². The van der Waals surface area contributed by atoms with Crippen LogP contribution in [0.25, 0.3) is 10.9 Å². The van der Waals surface area contributed by atoms with E-state index in [9.17, 15) is 14.4 Å². The summed E-state index contributed by atoms with van der Waals surface area (Å²) in [7, 11) is 1.55. The number of rotatable bonds is 2. The molecule has 0 bridgehead atoms. The largest absolute Gasteiger partial charge is 0.444 e. The fourth-order valence-electron chi connectivity index (χ4n) is 4.66. The van der Waals surface area contributed by atoms with Crippen molar-refractivity contribution in [1.82, 2.24) is 20.0 Å². The number of carbonyl (C=O) groups excluding carboxylic acids is 3. The number of fused-ring (bicyclic) bond motifs is 1. The highest BCUT2D eigenvalue weighted by Crippen LogP contribution is 2.38. The highest BCUT2D eigenvalue weighted by atomic mass is 19.1. The lowest BCUT2D eigenvalue weighted by atomic mass is 9.87. The van der Waals surface area contributed by atoms with E-state index in [0.717, 1.165) is 0 Å². The molecule has 2 aliphatic heterocycles. The molecule has 1 unspecified atom stereocenters. The van der Waals surface area contributed by atoms with Crippen molar-refractivity contribution in [3.8, 4) is 0 Å². The van der Waals surface area contributed by atoms with Crippen molar-refractivity contribution in [2.75, 3.05) is 13.1 Å². The predicted molar refractivity (Wildman–Crippen MR) is 116 cm³/mol. The lowest BCUT2D eigenvalue weighted by Gasteiger charge is -2.33. The third kappa shape index (κ3) is 4.43. The van der Waals surface area contributed by atoms with Crippen LogP contribution in [-0.2, 0) is 21.4 Å². The van der Waals surface area contributed by atoms with E-state index in [0.29, 0.717) is 25.9 Å². The number of halogens is 2. The summed E-state index contributed by atoms with van der Waals surface area (Å²) < 4.78 is 37.6. The average molecular weight is 462 g/mol. The number of aryl methyl sites for hydroxylation is 1. The topological polar surface area (TPSA) is 93.5 Å². The summed E-state index contributed by atoms with van der Waals surface area (Å²) in [5.74, 6) is -3.42. The van der Waals surface area contributed by atoms with Gasteiger partial charge >= 0.3 is 6.09 Å². The van der Waals surface area contributed by atoms with Crippen LogP contribution in [0.5, 0.6) is 0 Å². The summed E-state index contributed by atoms with van der Waals surface area (Å²) in [6, 6.07) is 1.24. The van der Waals surface area contributed by atoms with Gasteiger partial charge in [-0.3, -0.25) is 19.6 Å². The first kappa shape index (κ1) is 23.1. The van der Waals surface area contributed by atoms with Crippen LogP contribution in [0.3, 0.4) is 0 Å². The molecule has 4 rings (SSSR count). The maximum absolute atomic E-state index is 15.6. The number of nitrogens with one attached hydrogen (secondary N) is 1. The van der Waals surface area contributed by atoms with Gasteiger partial charge in [0.25, 0.3) is 0 Å². The molecule has 3 amide bonds. The van der Waals surface area contributed by atoms with Gasteiger partial charge in [0.2, 0.25) is 11.8 Å². The van der Waals surface area contributed by atoms with Crippen molar-refractivity contribution >= 4 is 28.8 Å². The highest BCUT2D eigenvalue weighted by molar-refractivity contribution is 6.02. The van der Waals surface area contributed by atoms with Gasteiger partial charge in [-0.05, 0) is 52.0 Å². The lowest BCUT2D eigenvalue weighted by Crippen LogP contribution is -2.41. The molecule has 3 heterocycles. The number of aromatic nitrogens is 2. The number of nitrogens with zero attached hydrogens (tertiary/aromatic N) is 3. The third-order valence-electron chi connectivity index (χ3n) is 6.21. The Hall–Kier alpha value is -3.04. The van der Waals surface area contributed by atoms with Crippen LogP contribution in [0, 0.1) is 11.6 Å². The first-order valence-corrected chi connectivity index (χ1v) is 11.1. The van der Waals surface area contributed by atoms with Gasteiger partial charge in [0.1, 0.15) is 16.9 Å². The van der Waals surface area contributed by atoms with Crippen molar-refractivity contribution in [3.63, 3.8) is 0 Å². The van der Waals surface area contributed by atoms with E-state index < -0.39 is 41.1 Å². The zero-order valence-electron chi connectivity index (χ0n) is 19.2. The molecule has 0 aliphatic carbocycles. The molecule has 1 atom stereocenters. The van der Waals surface area contributed by atoms with Gasteiger partial charge in [-0.1, -0.05) is 0 Å². The number of hydrogen-bond donors (Lipinski definition) is 1. The molecule has 1 aromatic heterocycles. The van der Waals surface area contributed by atoms with Gasteiger partial charge in [0.15, 0.2) is 5.82 Å². The summed E-state index contributed by atoms with van der Waals surface area (Å²) in [5.41, 5.74) is -0.247. The highest BCUT2D eigenvalue weighted by Gasteiger charge is 2.35. The molecule has 2 aromatic rings. The van der Waals surface area contributed by atoms with Crippen molar-refractivity contribution < 1.29 is 27.9 Å². The van der Waals surface area contributed by atoms with Crippen LogP contribution in [0.2, 0.25) is 0 Å². The quantitative estimate of drug-likeness (QED) is 0.690. The third-order valence-corrected chi connectivity index (χ3v) is 6.21. The molecule has 178 valence electrons. The van der Waals surface area contributed by atoms with E-state index >= 15 is 8.78 Å². The number of likely N-dealkylation sites (tertiary alicyclic amines) is 1. The molecular formula is C23H28F2N4O4. The Kier molecular flexibility index (Phi) is 5.88. The molecule has 8 nitrogen and oxygen atoms in total.